The minimum absolute atomic E-state index is 0.419. The highest BCUT2D eigenvalue weighted by atomic mass is 35.5. The van der Waals surface area contributed by atoms with Crippen LogP contribution in [0.2, 0.25) is 5.02 Å². The number of hydrogen-bond donors (Lipinski definition) is 0. The van der Waals surface area contributed by atoms with E-state index in [9.17, 15) is 10.0 Å². The summed E-state index contributed by atoms with van der Waals surface area (Å²) < 4.78 is 5.56. The summed E-state index contributed by atoms with van der Waals surface area (Å²) in [5.41, 5.74) is 2.41. The van der Waals surface area contributed by atoms with Gasteiger partial charge in [0.2, 0.25) is 0 Å². The zero-order valence-corrected chi connectivity index (χ0v) is 14.3. The fourth-order valence-electron chi connectivity index (χ4n) is 2.20. The second kappa shape index (κ2) is 6.98. The van der Waals surface area contributed by atoms with Gasteiger partial charge in [-0.3, -0.25) is 0 Å². The Morgan fingerprint density at radius 3 is 2.54 bits per heavy atom. The molecule has 1 aromatic carbocycles. The average Bonchev–Trinajstić information content (AvgIpc) is 3.00. The van der Waals surface area contributed by atoms with Gasteiger partial charge in [0.1, 0.15) is 9.88 Å². The van der Waals surface area contributed by atoms with E-state index in [2.05, 4.69) is 4.98 Å². The number of aromatic nitrogens is 2. The van der Waals surface area contributed by atoms with Crippen LogP contribution in [0.3, 0.4) is 0 Å². The van der Waals surface area contributed by atoms with E-state index in [0.717, 1.165) is 11.1 Å². The zero-order chi connectivity index (χ0) is 17.1. The van der Waals surface area contributed by atoms with Crippen molar-refractivity contribution >= 4 is 28.9 Å². The minimum Gasteiger partial charge on any atom is -0.619 e. The summed E-state index contributed by atoms with van der Waals surface area (Å²) in [6.45, 7) is 0. The molecule has 7 heteroatoms. The molecule has 122 valence electrons. The molecule has 0 spiro atoms. The first-order valence-corrected chi connectivity index (χ1v) is 8.28. The molecule has 3 aromatic rings. The Labute approximate surface area is 147 Å². The van der Waals surface area contributed by atoms with E-state index in [0.29, 0.717) is 31.8 Å². The van der Waals surface area contributed by atoms with Gasteiger partial charge in [-0.05, 0) is 17.7 Å². The summed E-state index contributed by atoms with van der Waals surface area (Å²) >= 11 is 7.15. The minimum atomic E-state index is -0.419. The summed E-state index contributed by atoms with van der Waals surface area (Å²) in [7, 11) is 1.34. The van der Waals surface area contributed by atoms with Crippen LogP contribution in [0.5, 0.6) is 0 Å². The predicted molar refractivity (Wildman–Crippen MR) is 92.1 cm³/mol. The first-order chi connectivity index (χ1) is 11.6. The van der Waals surface area contributed by atoms with Gasteiger partial charge in [0.15, 0.2) is 12.4 Å². The number of esters is 1. The van der Waals surface area contributed by atoms with Gasteiger partial charge in [-0.15, -0.1) is 11.3 Å². The number of pyridine rings is 1. The fourth-order valence-corrected chi connectivity index (χ4v) is 3.33. The van der Waals surface area contributed by atoms with E-state index in [1.54, 1.807) is 24.3 Å². The van der Waals surface area contributed by atoms with Gasteiger partial charge in [-0.2, -0.15) is 4.73 Å². The van der Waals surface area contributed by atoms with E-state index in [4.69, 9.17) is 16.3 Å². The Morgan fingerprint density at radius 2 is 1.92 bits per heavy atom. The van der Waals surface area contributed by atoms with Crippen LogP contribution in [0.4, 0.5) is 0 Å². The van der Waals surface area contributed by atoms with Crippen LogP contribution < -0.4 is 4.73 Å². The summed E-state index contributed by atoms with van der Waals surface area (Å²) in [6, 6.07) is 10.7. The SMILES string of the molecule is COC(=O)c1sc(-c2cc[n+]([O-])cc2)nc1Cc1ccc(Cl)cc1. The Bertz CT molecular complexity index is 861. The molecule has 24 heavy (non-hydrogen) atoms. The third-order valence-electron chi connectivity index (χ3n) is 3.40. The number of carbonyl (C=O) groups is 1. The molecule has 0 unspecified atom stereocenters. The number of halogens is 1. The monoisotopic (exact) mass is 360 g/mol. The zero-order valence-electron chi connectivity index (χ0n) is 12.7. The van der Waals surface area contributed by atoms with Crippen molar-refractivity contribution in [3.05, 3.63) is 75.2 Å². The maximum absolute atomic E-state index is 12.1. The highest BCUT2D eigenvalue weighted by Gasteiger charge is 2.20. The van der Waals surface area contributed by atoms with Crippen LogP contribution in [-0.4, -0.2) is 18.1 Å². The van der Waals surface area contributed by atoms with Crippen LogP contribution >= 0.6 is 22.9 Å². The van der Waals surface area contributed by atoms with Crippen LogP contribution in [0.15, 0.2) is 48.8 Å². The lowest BCUT2D eigenvalue weighted by molar-refractivity contribution is -0.605. The number of thiazole rings is 1. The molecule has 0 aliphatic carbocycles. The molecule has 0 amide bonds. The van der Waals surface area contributed by atoms with Crippen molar-refractivity contribution in [1.29, 1.82) is 0 Å². The van der Waals surface area contributed by atoms with Crippen LogP contribution in [0.25, 0.3) is 10.6 Å². The van der Waals surface area contributed by atoms with E-state index < -0.39 is 5.97 Å². The van der Waals surface area contributed by atoms with Gasteiger partial charge in [0.25, 0.3) is 0 Å². The Kier molecular flexibility index (Phi) is 4.78. The van der Waals surface area contributed by atoms with Gasteiger partial charge in [0.05, 0.1) is 12.8 Å². The van der Waals surface area contributed by atoms with E-state index in [1.165, 1.54) is 30.8 Å². The normalized spacial score (nSPS) is 10.6. The number of methoxy groups -OCH3 is 1. The molecular weight excluding hydrogens is 348 g/mol. The molecule has 0 saturated carbocycles. The van der Waals surface area contributed by atoms with Gasteiger partial charge < -0.3 is 9.94 Å². The van der Waals surface area contributed by atoms with Gasteiger partial charge in [0, 0.05) is 29.1 Å². The highest BCUT2D eigenvalue weighted by Crippen LogP contribution is 2.29. The van der Waals surface area contributed by atoms with Crippen LogP contribution in [0.1, 0.15) is 20.9 Å². The maximum Gasteiger partial charge on any atom is 0.350 e. The number of ether oxygens (including phenoxy) is 1. The quantitative estimate of drug-likeness (QED) is 0.406. The van der Waals surface area contributed by atoms with E-state index in [-0.39, 0.29) is 0 Å². The second-order valence-electron chi connectivity index (χ2n) is 5.04. The van der Waals surface area contributed by atoms with Crippen molar-refractivity contribution in [1.82, 2.24) is 4.98 Å². The molecule has 0 fully saturated rings. The van der Waals surface area contributed by atoms with E-state index >= 15 is 0 Å². The molecule has 0 aliphatic rings. The molecular formula is C17H13ClN2O3S. The number of benzene rings is 1. The molecule has 0 atom stereocenters. The number of carbonyl (C=O) groups excluding carboxylic acids is 1. The van der Waals surface area contributed by atoms with Crippen molar-refractivity contribution in [3.63, 3.8) is 0 Å². The average molecular weight is 361 g/mol. The van der Waals surface area contributed by atoms with Crippen molar-refractivity contribution in [3.8, 4) is 10.6 Å². The third-order valence-corrected chi connectivity index (χ3v) is 4.78. The van der Waals surface area contributed by atoms with Crippen molar-refractivity contribution in [2.24, 2.45) is 0 Å². The fraction of sp³-hybridized carbons (Fsp3) is 0.118. The van der Waals surface area contributed by atoms with Crippen molar-refractivity contribution < 1.29 is 14.3 Å². The standard InChI is InChI=1S/C17H13ClN2O3S/c1-23-17(21)15-14(10-11-2-4-13(18)5-3-11)19-16(24-15)12-6-8-20(22)9-7-12/h2-9H,10H2,1H3. The summed E-state index contributed by atoms with van der Waals surface area (Å²) in [5, 5.41) is 12.5. The first-order valence-electron chi connectivity index (χ1n) is 7.08. The number of rotatable bonds is 4. The Balaban J connectivity index is 1.98. The Hall–Kier alpha value is -2.44. The second-order valence-corrected chi connectivity index (χ2v) is 6.47. The molecule has 0 bridgehead atoms. The molecule has 3 rings (SSSR count). The van der Waals surface area contributed by atoms with Crippen LogP contribution in [-0.2, 0) is 11.2 Å². The molecule has 0 N–H and O–H groups in total. The molecule has 2 heterocycles. The third kappa shape index (κ3) is 3.55. The van der Waals surface area contributed by atoms with Gasteiger partial charge in [-0.1, -0.05) is 23.7 Å². The van der Waals surface area contributed by atoms with Crippen LogP contribution in [0, 0.1) is 5.21 Å². The smallest absolute Gasteiger partial charge is 0.350 e. The molecule has 0 aliphatic heterocycles. The molecule has 5 nitrogen and oxygen atoms in total. The molecule has 0 radical (unpaired) electrons. The van der Waals surface area contributed by atoms with E-state index in [1.807, 2.05) is 12.1 Å². The number of nitrogens with zero attached hydrogens (tertiary/aromatic N) is 2. The van der Waals surface area contributed by atoms with Crippen molar-refractivity contribution in [2.45, 2.75) is 6.42 Å². The summed E-state index contributed by atoms with van der Waals surface area (Å²) in [5.74, 6) is -0.419. The summed E-state index contributed by atoms with van der Waals surface area (Å²) in [4.78, 5) is 17.1. The molecule has 0 saturated heterocycles. The van der Waals surface area contributed by atoms with Gasteiger partial charge in [-0.25, -0.2) is 9.78 Å². The first kappa shape index (κ1) is 16.4. The van der Waals surface area contributed by atoms with Crippen molar-refractivity contribution in [2.75, 3.05) is 7.11 Å². The lowest BCUT2D eigenvalue weighted by Crippen LogP contribution is -2.23. The lowest BCUT2D eigenvalue weighted by atomic mass is 10.1. The molecule has 2 aromatic heterocycles. The maximum atomic E-state index is 12.1. The summed E-state index contributed by atoms with van der Waals surface area (Å²) in [6.07, 6.45) is 3.29. The highest BCUT2D eigenvalue weighted by molar-refractivity contribution is 7.17. The van der Waals surface area contributed by atoms with Gasteiger partial charge >= 0.3 is 5.97 Å². The largest absolute Gasteiger partial charge is 0.619 e. The topological polar surface area (TPSA) is 66.1 Å². The Morgan fingerprint density at radius 1 is 1.25 bits per heavy atom. The lowest BCUT2D eigenvalue weighted by Gasteiger charge is -2.01. The number of hydrogen-bond acceptors (Lipinski definition) is 5. The predicted octanol–water partition coefficient (Wildman–Crippen LogP) is 3.47.